The fourth-order valence-corrected chi connectivity index (χ4v) is 3.71. The fraction of sp³-hybridized carbons (Fsp3) is 0.267. The summed E-state index contributed by atoms with van der Waals surface area (Å²) in [7, 11) is 0. The van der Waals surface area contributed by atoms with Gasteiger partial charge in [-0.2, -0.15) is 0 Å². The van der Waals surface area contributed by atoms with Crippen molar-refractivity contribution in [3.8, 4) is 0 Å². The van der Waals surface area contributed by atoms with Gasteiger partial charge in [0.25, 0.3) is 0 Å². The van der Waals surface area contributed by atoms with E-state index in [1.54, 1.807) is 4.57 Å². The molecule has 0 fully saturated rings. The lowest BCUT2D eigenvalue weighted by Crippen LogP contribution is -2.13. The van der Waals surface area contributed by atoms with Crippen LogP contribution in [0.3, 0.4) is 0 Å². The molecule has 110 valence electrons. The number of rotatable bonds is 4. The topological polar surface area (TPSA) is 35.1 Å². The molecular formula is C15H13Cl2NO2S. The van der Waals surface area contributed by atoms with Gasteiger partial charge in [0.1, 0.15) is 0 Å². The van der Waals surface area contributed by atoms with Gasteiger partial charge in [-0.05, 0) is 36.2 Å². The van der Waals surface area contributed by atoms with Crippen LogP contribution >= 0.6 is 34.5 Å². The zero-order valence-electron chi connectivity index (χ0n) is 11.3. The normalized spacial score (nSPS) is 12.9. The van der Waals surface area contributed by atoms with Gasteiger partial charge in [-0.3, -0.25) is 4.57 Å². The summed E-state index contributed by atoms with van der Waals surface area (Å²) in [6.45, 7) is 2.67. The van der Waals surface area contributed by atoms with Gasteiger partial charge >= 0.3 is 5.76 Å². The highest BCUT2D eigenvalue weighted by atomic mass is 35.5. The first-order valence-corrected chi connectivity index (χ1v) is 8.26. The molecule has 2 aromatic heterocycles. The first kappa shape index (κ1) is 14.7. The molecule has 3 rings (SSSR count). The number of aromatic nitrogens is 1. The van der Waals surface area contributed by atoms with Crippen molar-refractivity contribution in [1.29, 1.82) is 0 Å². The van der Waals surface area contributed by atoms with Crippen LogP contribution in [0.25, 0.3) is 11.1 Å². The zero-order chi connectivity index (χ0) is 15.0. The van der Waals surface area contributed by atoms with E-state index in [0.29, 0.717) is 16.5 Å². The maximum atomic E-state index is 11.8. The molecule has 6 heteroatoms. The van der Waals surface area contributed by atoms with Crippen LogP contribution < -0.4 is 5.76 Å². The van der Waals surface area contributed by atoms with Gasteiger partial charge in [0.05, 0.1) is 15.2 Å². The molecule has 0 spiro atoms. The maximum Gasteiger partial charge on any atom is 0.419 e. The number of halogens is 2. The number of nitrogens with zero attached hydrogens (tertiary/aromatic N) is 1. The van der Waals surface area contributed by atoms with Gasteiger partial charge in [-0.1, -0.05) is 24.6 Å². The Kier molecular flexibility index (Phi) is 4.11. The zero-order valence-corrected chi connectivity index (χ0v) is 13.6. The van der Waals surface area contributed by atoms with E-state index in [2.05, 4.69) is 0 Å². The highest BCUT2D eigenvalue weighted by molar-refractivity contribution is 7.16. The molecule has 0 saturated heterocycles. The van der Waals surface area contributed by atoms with Crippen molar-refractivity contribution >= 4 is 45.6 Å². The van der Waals surface area contributed by atoms with Crippen molar-refractivity contribution in [2.75, 3.05) is 0 Å². The molecule has 0 radical (unpaired) electrons. The van der Waals surface area contributed by atoms with Crippen LogP contribution in [0.15, 0.2) is 39.5 Å². The summed E-state index contributed by atoms with van der Waals surface area (Å²) in [5, 5.41) is -0.299. The second-order valence-corrected chi connectivity index (χ2v) is 6.93. The third kappa shape index (κ3) is 2.76. The minimum atomic E-state index is -0.325. The highest BCUT2D eigenvalue weighted by Gasteiger charge is 2.16. The molecule has 3 nitrogen and oxygen atoms in total. The summed E-state index contributed by atoms with van der Waals surface area (Å²) in [6.07, 6.45) is 0.877. The molecule has 0 aliphatic carbocycles. The van der Waals surface area contributed by atoms with Crippen molar-refractivity contribution in [2.45, 2.75) is 25.3 Å². The van der Waals surface area contributed by atoms with E-state index < -0.39 is 0 Å². The van der Waals surface area contributed by atoms with Gasteiger partial charge in [0, 0.05) is 11.4 Å². The number of fused-ring (bicyclic) bond motifs is 1. The lowest BCUT2D eigenvalue weighted by atomic mass is 10.1. The first-order valence-electron chi connectivity index (χ1n) is 6.62. The van der Waals surface area contributed by atoms with Crippen LogP contribution in [0.1, 0.15) is 29.2 Å². The molecule has 21 heavy (non-hydrogen) atoms. The number of oxazole rings is 1. The average Bonchev–Trinajstić information content (AvgIpc) is 3.02. The Bertz CT molecular complexity index is 834. The molecule has 0 N–H and O–H groups in total. The highest BCUT2D eigenvalue weighted by Crippen LogP contribution is 2.36. The number of alkyl halides is 1. The van der Waals surface area contributed by atoms with E-state index in [1.807, 2.05) is 37.3 Å². The summed E-state index contributed by atoms with van der Waals surface area (Å²) in [5.74, 6) is -0.325. The Morgan fingerprint density at radius 3 is 2.81 bits per heavy atom. The van der Waals surface area contributed by atoms with Crippen molar-refractivity contribution in [3.63, 3.8) is 0 Å². The van der Waals surface area contributed by atoms with Crippen LogP contribution in [0.2, 0.25) is 4.34 Å². The molecule has 0 saturated carbocycles. The maximum absolute atomic E-state index is 11.8. The fourth-order valence-electron chi connectivity index (χ4n) is 2.30. The van der Waals surface area contributed by atoms with E-state index in [4.69, 9.17) is 27.6 Å². The van der Waals surface area contributed by atoms with Crippen LogP contribution in [0, 0.1) is 0 Å². The average molecular weight is 342 g/mol. The van der Waals surface area contributed by atoms with Gasteiger partial charge in [0.15, 0.2) is 5.58 Å². The predicted molar refractivity (Wildman–Crippen MR) is 87.8 cm³/mol. The summed E-state index contributed by atoms with van der Waals surface area (Å²) in [6, 6.07) is 9.37. The van der Waals surface area contributed by atoms with Crippen molar-refractivity contribution < 1.29 is 4.42 Å². The van der Waals surface area contributed by atoms with Crippen molar-refractivity contribution in [2.24, 2.45) is 0 Å². The number of aryl methyl sites for hydroxylation is 1. The Labute approximate surface area is 135 Å². The SMILES string of the molecule is CCCn1c(=O)oc2cc(C(Cl)c3ccc(Cl)s3)ccc21. The van der Waals surface area contributed by atoms with Crippen molar-refractivity contribution in [3.05, 3.63) is 55.7 Å². The van der Waals surface area contributed by atoms with Crippen molar-refractivity contribution in [1.82, 2.24) is 4.57 Å². The molecule has 2 heterocycles. The van der Waals surface area contributed by atoms with E-state index in [1.165, 1.54) is 11.3 Å². The van der Waals surface area contributed by atoms with Gasteiger partial charge in [0.2, 0.25) is 0 Å². The molecule has 0 aliphatic rings. The lowest BCUT2D eigenvalue weighted by molar-refractivity contribution is 0.502. The molecule has 3 aromatic rings. The minimum absolute atomic E-state index is 0.299. The van der Waals surface area contributed by atoms with E-state index in [0.717, 1.165) is 22.4 Å². The van der Waals surface area contributed by atoms with Crippen LogP contribution in [0.5, 0.6) is 0 Å². The van der Waals surface area contributed by atoms with E-state index >= 15 is 0 Å². The minimum Gasteiger partial charge on any atom is -0.408 e. The number of hydrogen-bond acceptors (Lipinski definition) is 3. The predicted octanol–water partition coefficient (Wildman–Crippen LogP) is 5.05. The van der Waals surface area contributed by atoms with E-state index in [-0.39, 0.29) is 11.1 Å². The largest absolute Gasteiger partial charge is 0.419 e. The molecule has 0 bridgehead atoms. The Morgan fingerprint density at radius 2 is 2.14 bits per heavy atom. The standard InChI is InChI=1S/C15H13Cl2NO2S/c1-2-7-18-10-4-3-9(8-11(10)20-15(18)19)14(17)12-5-6-13(16)21-12/h3-6,8,14H,2,7H2,1H3. The molecule has 1 aromatic carbocycles. The summed E-state index contributed by atoms with van der Waals surface area (Å²) in [5.41, 5.74) is 2.26. The van der Waals surface area contributed by atoms with Crippen LogP contribution in [0.4, 0.5) is 0 Å². The smallest absolute Gasteiger partial charge is 0.408 e. The quantitative estimate of drug-likeness (QED) is 0.622. The molecule has 0 amide bonds. The molecular weight excluding hydrogens is 329 g/mol. The lowest BCUT2D eigenvalue weighted by Gasteiger charge is -2.07. The van der Waals surface area contributed by atoms with Gasteiger partial charge in [-0.15, -0.1) is 22.9 Å². The summed E-state index contributed by atoms with van der Waals surface area (Å²) in [4.78, 5) is 12.8. The summed E-state index contributed by atoms with van der Waals surface area (Å²) < 4.78 is 7.66. The molecule has 1 atom stereocenters. The van der Waals surface area contributed by atoms with E-state index in [9.17, 15) is 4.79 Å². The first-order chi connectivity index (χ1) is 10.1. The number of benzene rings is 1. The second kappa shape index (κ2) is 5.87. The number of thiophene rings is 1. The molecule has 1 unspecified atom stereocenters. The third-order valence-electron chi connectivity index (χ3n) is 3.28. The van der Waals surface area contributed by atoms with Gasteiger partial charge < -0.3 is 4.42 Å². The Balaban J connectivity index is 2.03. The third-order valence-corrected chi connectivity index (χ3v) is 5.19. The monoisotopic (exact) mass is 341 g/mol. The summed E-state index contributed by atoms with van der Waals surface area (Å²) >= 11 is 13.9. The van der Waals surface area contributed by atoms with Crippen LogP contribution in [-0.2, 0) is 6.54 Å². The van der Waals surface area contributed by atoms with Gasteiger partial charge in [-0.25, -0.2) is 4.79 Å². The van der Waals surface area contributed by atoms with Crippen LogP contribution in [-0.4, -0.2) is 4.57 Å². The second-order valence-electron chi connectivity index (χ2n) is 4.75. The Hall–Kier alpha value is -1.23. The molecule has 0 aliphatic heterocycles. The number of hydrogen-bond donors (Lipinski definition) is 0. The Morgan fingerprint density at radius 1 is 1.33 bits per heavy atom.